The molecule has 5 N–H and O–H groups in total. The summed E-state index contributed by atoms with van der Waals surface area (Å²) in [6.07, 6.45) is 0. The lowest BCUT2D eigenvalue weighted by molar-refractivity contribution is -0.386. The fourth-order valence-corrected chi connectivity index (χ4v) is 1.29. The first-order valence-electron chi connectivity index (χ1n) is 4.65. The van der Waals surface area contributed by atoms with Gasteiger partial charge in [0.1, 0.15) is 6.61 Å². The van der Waals surface area contributed by atoms with Gasteiger partial charge in [-0.1, -0.05) is 0 Å². The van der Waals surface area contributed by atoms with Gasteiger partial charge in [0.05, 0.1) is 11.0 Å². The van der Waals surface area contributed by atoms with E-state index in [-0.39, 0.29) is 12.4 Å². The van der Waals surface area contributed by atoms with Crippen LogP contribution in [0.1, 0.15) is 11.6 Å². The van der Waals surface area contributed by atoms with E-state index in [1.54, 1.807) is 0 Å². The number of phenols is 2. The molecule has 7 nitrogen and oxygen atoms in total. The number of nitrogens with two attached hydrogens (primary N) is 1. The number of benzene rings is 1. The van der Waals surface area contributed by atoms with Crippen molar-refractivity contribution in [2.24, 2.45) is 5.73 Å². The van der Waals surface area contributed by atoms with Crippen LogP contribution in [0.25, 0.3) is 0 Å². The zero-order valence-corrected chi connectivity index (χ0v) is 10.1. The highest BCUT2D eigenvalue weighted by molar-refractivity contribution is 5.85. The van der Waals surface area contributed by atoms with Crippen molar-refractivity contribution in [1.29, 1.82) is 0 Å². The number of aliphatic hydroxyl groups is 1. The van der Waals surface area contributed by atoms with Gasteiger partial charge in [0.15, 0.2) is 5.75 Å². The molecule has 0 aromatic heterocycles. The Kier molecular flexibility index (Phi) is 5.42. The standard InChI is InChI=1S/C9H10F2N2O5.ClH/c10-9(11,3-14)8(12)4-1-5(13(17)18)7(16)6(15)2-4;/h1-2,8,14-16H,3,12H2;1H/t8-;/m1./s1. The number of rotatable bonds is 4. The van der Waals surface area contributed by atoms with Crippen molar-refractivity contribution in [2.75, 3.05) is 6.61 Å². The summed E-state index contributed by atoms with van der Waals surface area (Å²) in [5.74, 6) is -5.69. The van der Waals surface area contributed by atoms with Crippen LogP contribution >= 0.6 is 12.4 Å². The van der Waals surface area contributed by atoms with E-state index in [4.69, 9.17) is 15.9 Å². The number of nitro groups is 1. The SMILES string of the molecule is Cl.N[C@H](c1cc(O)c(O)c([N+](=O)[O-])c1)C(F)(F)CO. The molecule has 1 rings (SSSR count). The summed E-state index contributed by atoms with van der Waals surface area (Å²) in [5, 5.41) is 37.3. The molecule has 0 radical (unpaired) electrons. The smallest absolute Gasteiger partial charge is 0.314 e. The second-order valence-corrected chi connectivity index (χ2v) is 3.56. The van der Waals surface area contributed by atoms with Crippen LogP contribution in [0, 0.1) is 10.1 Å². The molecule has 1 aromatic carbocycles. The van der Waals surface area contributed by atoms with E-state index >= 15 is 0 Å². The number of nitro benzene ring substituents is 1. The third-order valence-electron chi connectivity index (χ3n) is 2.31. The summed E-state index contributed by atoms with van der Waals surface area (Å²) in [7, 11) is 0. The van der Waals surface area contributed by atoms with E-state index in [0.717, 1.165) is 0 Å². The fraction of sp³-hybridized carbons (Fsp3) is 0.333. The van der Waals surface area contributed by atoms with E-state index in [0.29, 0.717) is 12.1 Å². The van der Waals surface area contributed by atoms with E-state index in [2.05, 4.69) is 0 Å². The van der Waals surface area contributed by atoms with Gasteiger partial charge in [-0.25, -0.2) is 8.78 Å². The number of hydrogen-bond acceptors (Lipinski definition) is 6. The molecule has 0 heterocycles. The van der Waals surface area contributed by atoms with Crippen LogP contribution in [-0.4, -0.2) is 32.8 Å². The van der Waals surface area contributed by atoms with Gasteiger partial charge in [-0.2, -0.15) is 0 Å². The van der Waals surface area contributed by atoms with Gasteiger partial charge in [0.2, 0.25) is 5.75 Å². The van der Waals surface area contributed by atoms with Crippen molar-refractivity contribution in [3.05, 3.63) is 27.8 Å². The van der Waals surface area contributed by atoms with Crippen molar-refractivity contribution >= 4 is 18.1 Å². The zero-order valence-electron chi connectivity index (χ0n) is 9.29. The Hall–Kier alpha value is -1.71. The first kappa shape index (κ1) is 17.3. The molecule has 0 saturated heterocycles. The molecule has 0 aliphatic carbocycles. The summed E-state index contributed by atoms with van der Waals surface area (Å²) < 4.78 is 26.2. The highest BCUT2D eigenvalue weighted by Crippen LogP contribution is 2.40. The number of alkyl halides is 2. The molecular weight excluding hydrogens is 290 g/mol. The molecule has 0 spiro atoms. The largest absolute Gasteiger partial charge is 0.504 e. The Labute approximate surface area is 111 Å². The Bertz CT molecular complexity index is 486. The first-order chi connectivity index (χ1) is 8.20. The molecular formula is C9H11ClF2N2O5. The van der Waals surface area contributed by atoms with Gasteiger partial charge in [0.25, 0.3) is 5.92 Å². The number of aliphatic hydroxyl groups excluding tert-OH is 1. The predicted octanol–water partition coefficient (Wildman–Crippen LogP) is 1.06. The summed E-state index contributed by atoms with van der Waals surface area (Å²) in [6.45, 7) is -1.55. The molecule has 0 amide bonds. The van der Waals surface area contributed by atoms with Gasteiger partial charge in [-0.05, 0) is 11.6 Å². The third-order valence-corrected chi connectivity index (χ3v) is 2.31. The maximum Gasteiger partial charge on any atom is 0.314 e. The van der Waals surface area contributed by atoms with Gasteiger partial charge < -0.3 is 21.1 Å². The van der Waals surface area contributed by atoms with Crippen LogP contribution < -0.4 is 5.73 Å². The topological polar surface area (TPSA) is 130 Å². The Morgan fingerprint density at radius 3 is 2.37 bits per heavy atom. The van der Waals surface area contributed by atoms with E-state index < -0.39 is 46.2 Å². The molecule has 0 aliphatic heterocycles. The zero-order chi connectivity index (χ0) is 14.1. The van der Waals surface area contributed by atoms with E-state index in [1.807, 2.05) is 0 Å². The Morgan fingerprint density at radius 2 is 1.95 bits per heavy atom. The molecule has 1 atom stereocenters. The lowest BCUT2D eigenvalue weighted by Crippen LogP contribution is -2.36. The van der Waals surface area contributed by atoms with Crippen LogP contribution in [0.15, 0.2) is 12.1 Å². The van der Waals surface area contributed by atoms with Gasteiger partial charge in [0, 0.05) is 6.07 Å². The molecule has 0 unspecified atom stereocenters. The second kappa shape index (κ2) is 5.95. The van der Waals surface area contributed by atoms with Crippen molar-refractivity contribution in [3.63, 3.8) is 0 Å². The molecule has 1 aromatic rings. The second-order valence-electron chi connectivity index (χ2n) is 3.56. The maximum atomic E-state index is 13.1. The monoisotopic (exact) mass is 300 g/mol. The van der Waals surface area contributed by atoms with E-state index in [9.17, 15) is 24.0 Å². The quantitative estimate of drug-likeness (QED) is 0.373. The first-order valence-corrected chi connectivity index (χ1v) is 4.65. The Balaban J connectivity index is 0.00000324. The Morgan fingerprint density at radius 1 is 1.42 bits per heavy atom. The van der Waals surface area contributed by atoms with Crippen LogP contribution in [0.5, 0.6) is 11.5 Å². The van der Waals surface area contributed by atoms with E-state index in [1.165, 1.54) is 0 Å². The molecule has 108 valence electrons. The lowest BCUT2D eigenvalue weighted by Gasteiger charge is -2.21. The average molecular weight is 301 g/mol. The molecule has 0 saturated carbocycles. The summed E-state index contributed by atoms with van der Waals surface area (Å²) in [5.41, 5.74) is 3.72. The minimum atomic E-state index is -3.71. The van der Waals surface area contributed by atoms with Crippen molar-refractivity contribution in [1.82, 2.24) is 0 Å². The predicted molar refractivity (Wildman–Crippen MR) is 62.6 cm³/mol. The molecule has 19 heavy (non-hydrogen) atoms. The number of hydrogen-bond donors (Lipinski definition) is 4. The van der Waals surface area contributed by atoms with Gasteiger partial charge >= 0.3 is 5.69 Å². The summed E-state index contributed by atoms with van der Waals surface area (Å²) >= 11 is 0. The molecule has 0 aliphatic rings. The normalized spacial score (nSPS) is 12.6. The van der Waals surface area contributed by atoms with Crippen LogP contribution in [-0.2, 0) is 0 Å². The minimum absolute atomic E-state index is 0. The fourth-order valence-electron chi connectivity index (χ4n) is 1.29. The number of nitrogens with zero attached hydrogens (tertiary/aromatic N) is 1. The van der Waals surface area contributed by atoms with Crippen molar-refractivity contribution < 1.29 is 29.0 Å². The van der Waals surface area contributed by atoms with Crippen molar-refractivity contribution in [2.45, 2.75) is 12.0 Å². The van der Waals surface area contributed by atoms with Crippen LogP contribution in [0.4, 0.5) is 14.5 Å². The maximum absolute atomic E-state index is 13.1. The van der Waals surface area contributed by atoms with Crippen LogP contribution in [0.3, 0.4) is 0 Å². The summed E-state index contributed by atoms with van der Waals surface area (Å²) in [6, 6.07) is -0.757. The third kappa shape index (κ3) is 3.40. The lowest BCUT2D eigenvalue weighted by atomic mass is 10.0. The molecule has 0 bridgehead atoms. The number of phenolic OH excluding ortho intramolecular Hbond substituents is 2. The molecule has 0 fully saturated rings. The minimum Gasteiger partial charge on any atom is -0.504 e. The summed E-state index contributed by atoms with van der Waals surface area (Å²) in [4.78, 5) is 9.47. The average Bonchev–Trinajstić information content (AvgIpc) is 2.31. The van der Waals surface area contributed by atoms with Gasteiger partial charge in [-0.3, -0.25) is 10.1 Å². The number of aromatic hydroxyl groups is 2. The molecule has 10 heteroatoms. The van der Waals surface area contributed by atoms with Gasteiger partial charge in [-0.15, -0.1) is 12.4 Å². The highest BCUT2D eigenvalue weighted by Gasteiger charge is 2.38. The van der Waals surface area contributed by atoms with Crippen molar-refractivity contribution in [3.8, 4) is 11.5 Å². The highest BCUT2D eigenvalue weighted by atomic mass is 35.5. The van der Waals surface area contributed by atoms with Crippen LogP contribution in [0.2, 0.25) is 0 Å². The number of halogens is 3.